The van der Waals surface area contributed by atoms with Crippen LogP contribution in [0.15, 0.2) is 50.7 Å². The largest absolute Gasteiger partial charge is 0.507 e. The summed E-state index contributed by atoms with van der Waals surface area (Å²) in [5.74, 6) is -0.0686. The summed E-state index contributed by atoms with van der Waals surface area (Å²) in [7, 11) is 0. The van der Waals surface area contributed by atoms with Crippen LogP contribution in [0.3, 0.4) is 0 Å². The van der Waals surface area contributed by atoms with Gasteiger partial charge in [0, 0.05) is 18.4 Å². The summed E-state index contributed by atoms with van der Waals surface area (Å²) in [5.41, 5.74) is -0.399. The number of aromatic hydroxyl groups is 1. The average molecular weight is 607 g/mol. The van der Waals surface area contributed by atoms with Gasteiger partial charge >= 0.3 is 5.63 Å². The van der Waals surface area contributed by atoms with E-state index >= 15 is 0 Å². The fraction of sp³-hybridized carbons (Fsp3) is 0.676. The molecule has 0 amide bonds. The van der Waals surface area contributed by atoms with Gasteiger partial charge in [0.15, 0.2) is 0 Å². The second-order valence-electron chi connectivity index (χ2n) is 12.8. The maximum Gasteiger partial charge on any atom is 0.345 e. The van der Waals surface area contributed by atoms with E-state index in [9.17, 15) is 35.4 Å². The molecule has 0 bridgehead atoms. The monoisotopic (exact) mass is 606 g/mol. The van der Waals surface area contributed by atoms with Crippen molar-refractivity contribution in [2.45, 2.75) is 122 Å². The third kappa shape index (κ3) is 10.7. The van der Waals surface area contributed by atoms with Gasteiger partial charge in [-0.05, 0) is 40.0 Å². The molecule has 244 valence electrons. The minimum Gasteiger partial charge on any atom is -0.507 e. The SMILES string of the molecule is CCCCCC[C@@H](C)C/C(C)=C\[C@H](/C=C(C)/C=C/[C@@H](O)C(C)(C)c1cc(O)c([C@@H]2O[C@H](CO)C[C@H](O)[C@H]2O)c(=O)o1)CO. The quantitative estimate of drug-likeness (QED) is 0.0899. The van der Waals surface area contributed by atoms with Gasteiger partial charge in [0.1, 0.15) is 29.3 Å². The summed E-state index contributed by atoms with van der Waals surface area (Å²) in [6, 6.07) is 1.20. The summed E-state index contributed by atoms with van der Waals surface area (Å²) >= 11 is 0. The molecular formula is C34H54O9. The first-order valence-electron chi connectivity index (χ1n) is 15.6. The summed E-state index contributed by atoms with van der Waals surface area (Å²) < 4.78 is 11.0. The Morgan fingerprint density at radius 1 is 1.14 bits per heavy atom. The van der Waals surface area contributed by atoms with Crippen molar-refractivity contribution in [2.24, 2.45) is 11.8 Å². The summed E-state index contributed by atoms with van der Waals surface area (Å²) in [4.78, 5) is 12.9. The highest BCUT2D eigenvalue weighted by Gasteiger charge is 2.41. The van der Waals surface area contributed by atoms with E-state index < -0.39 is 53.9 Å². The molecule has 1 aliphatic rings. The van der Waals surface area contributed by atoms with E-state index in [1.165, 1.54) is 43.7 Å². The smallest absolute Gasteiger partial charge is 0.345 e. The van der Waals surface area contributed by atoms with Crippen LogP contribution in [-0.4, -0.2) is 68.3 Å². The van der Waals surface area contributed by atoms with Crippen LogP contribution < -0.4 is 5.63 Å². The summed E-state index contributed by atoms with van der Waals surface area (Å²) in [5, 5.41) is 61.7. The van der Waals surface area contributed by atoms with E-state index in [1.807, 2.05) is 13.0 Å². The van der Waals surface area contributed by atoms with Crippen molar-refractivity contribution in [3.05, 3.63) is 63.3 Å². The number of aliphatic hydroxyl groups excluding tert-OH is 5. The van der Waals surface area contributed by atoms with Crippen molar-refractivity contribution in [1.29, 1.82) is 0 Å². The first-order chi connectivity index (χ1) is 20.2. The lowest BCUT2D eigenvalue weighted by Crippen LogP contribution is -2.46. The molecule has 43 heavy (non-hydrogen) atoms. The molecule has 0 spiro atoms. The van der Waals surface area contributed by atoms with Crippen molar-refractivity contribution >= 4 is 0 Å². The molecule has 2 heterocycles. The van der Waals surface area contributed by atoms with Gasteiger partial charge in [-0.2, -0.15) is 0 Å². The lowest BCUT2D eigenvalue weighted by Gasteiger charge is -2.36. The van der Waals surface area contributed by atoms with Gasteiger partial charge in [0.2, 0.25) is 0 Å². The average Bonchev–Trinajstić information content (AvgIpc) is 2.95. The first kappa shape index (κ1) is 36.9. The van der Waals surface area contributed by atoms with Crippen LogP contribution in [0.25, 0.3) is 0 Å². The van der Waals surface area contributed by atoms with Crippen molar-refractivity contribution in [3.8, 4) is 5.75 Å². The van der Waals surface area contributed by atoms with Crippen molar-refractivity contribution in [3.63, 3.8) is 0 Å². The van der Waals surface area contributed by atoms with Crippen LogP contribution in [0.1, 0.15) is 104 Å². The van der Waals surface area contributed by atoms with E-state index in [1.54, 1.807) is 26.0 Å². The number of hydrogen-bond acceptors (Lipinski definition) is 9. The van der Waals surface area contributed by atoms with E-state index in [2.05, 4.69) is 26.8 Å². The molecule has 2 rings (SSSR count). The lowest BCUT2D eigenvalue weighted by molar-refractivity contribution is -0.180. The minimum absolute atomic E-state index is 0.0118. The van der Waals surface area contributed by atoms with Gasteiger partial charge < -0.3 is 39.8 Å². The fourth-order valence-electron chi connectivity index (χ4n) is 5.56. The van der Waals surface area contributed by atoms with E-state index in [0.29, 0.717) is 5.92 Å². The van der Waals surface area contributed by atoms with Gasteiger partial charge in [0.05, 0.1) is 36.9 Å². The van der Waals surface area contributed by atoms with Gasteiger partial charge in [-0.25, -0.2) is 4.79 Å². The predicted molar refractivity (Wildman–Crippen MR) is 167 cm³/mol. The van der Waals surface area contributed by atoms with Crippen molar-refractivity contribution in [2.75, 3.05) is 13.2 Å². The van der Waals surface area contributed by atoms with Gasteiger partial charge in [0.25, 0.3) is 0 Å². The zero-order valence-electron chi connectivity index (χ0n) is 26.7. The number of hydrogen-bond donors (Lipinski definition) is 6. The van der Waals surface area contributed by atoms with Crippen molar-refractivity contribution < 1.29 is 39.8 Å². The second kappa shape index (κ2) is 17.3. The molecule has 9 heteroatoms. The molecule has 1 aliphatic heterocycles. The number of aliphatic hydroxyl groups is 5. The molecule has 9 nitrogen and oxygen atoms in total. The normalized spacial score (nSPS) is 24.3. The standard InChI is InChI=1S/C34H54O9/c1-7-8-9-10-11-21(2)14-23(4)16-24(19-35)15-22(3)12-13-28(39)34(5,6)29-18-26(37)30(33(41)43-29)32-31(40)27(38)17-25(20-36)42-32/h12-13,15-16,18,21,24-25,27-28,31-32,35-40H,7-11,14,17,19-20H2,1-6H3/b13-12+,22-15+,23-16-/t21-,24+,25+,27+,28-,31-,32+/m1/s1. The maximum absolute atomic E-state index is 12.9. The highest BCUT2D eigenvalue weighted by molar-refractivity contribution is 5.36. The van der Waals surface area contributed by atoms with E-state index in [0.717, 1.165) is 12.0 Å². The highest BCUT2D eigenvalue weighted by atomic mass is 16.5. The Kier molecular flexibility index (Phi) is 14.8. The van der Waals surface area contributed by atoms with Crippen LogP contribution in [0.2, 0.25) is 0 Å². The maximum atomic E-state index is 12.9. The predicted octanol–water partition coefficient (Wildman–Crippen LogP) is 4.58. The molecule has 6 N–H and O–H groups in total. The minimum atomic E-state index is -1.50. The number of ether oxygens (including phenoxy) is 1. The highest BCUT2D eigenvalue weighted by Crippen LogP contribution is 2.37. The molecule has 7 atom stereocenters. The molecule has 1 aromatic rings. The summed E-state index contributed by atoms with van der Waals surface area (Å²) in [6.45, 7) is 11.3. The Morgan fingerprint density at radius 2 is 1.84 bits per heavy atom. The number of rotatable bonds is 16. The van der Waals surface area contributed by atoms with Crippen LogP contribution in [0.4, 0.5) is 0 Å². The van der Waals surface area contributed by atoms with E-state index in [4.69, 9.17) is 9.15 Å². The van der Waals surface area contributed by atoms with Crippen LogP contribution >= 0.6 is 0 Å². The van der Waals surface area contributed by atoms with Crippen LogP contribution in [-0.2, 0) is 10.2 Å². The molecule has 0 saturated carbocycles. The van der Waals surface area contributed by atoms with Crippen molar-refractivity contribution in [1.82, 2.24) is 0 Å². The summed E-state index contributed by atoms with van der Waals surface area (Å²) in [6.07, 6.45) is 8.44. The second-order valence-corrected chi connectivity index (χ2v) is 12.8. The molecule has 0 radical (unpaired) electrons. The van der Waals surface area contributed by atoms with Gasteiger partial charge in [-0.3, -0.25) is 0 Å². The van der Waals surface area contributed by atoms with E-state index in [-0.39, 0.29) is 30.3 Å². The first-order valence-corrected chi connectivity index (χ1v) is 15.6. The zero-order chi connectivity index (χ0) is 32.3. The fourth-order valence-corrected chi connectivity index (χ4v) is 5.56. The molecule has 0 aliphatic carbocycles. The Morgan fingerprint density at radius 3 is 2.44 bits per heavy atom. The lowest BCUT2D eigenvalue weighted by atomic mass is 9.82. The van der Waals surface area contributed by atoms with Crippen LogP contribution in [0, 0.1) is 11.8 Å². The van der Waals surface area contributed by atoms with Crippen LogP contribution in [0.5, 0.6) is 5.75 Å². The van der Waals surface area contributed by atoms with Gasteiger partial charge in [-0.1, -0.05) is 81.4 Å². The van der Waals surface area contributed by atoms with Gasteiger partial charge in [-0.15, -0.1) is 0 Å². The molecule has 1 aromatic heterocycles. The third-order valence-electron chi connectivity index (χ3n) is 8.33. The number of unbranched alkanes of at least 4 members (excludes halogenated alkanes) is 3. The number of allylic oxidation sites excluding steroid dienone is 3. The zero-order valence-corrected chi connectivity index (χ0v) is 26.7. The molecule has 1 fully saturated rings. The third-order valence-corrected chi connectivity index (χ3v) is 8.33. The Labute approximate surface area is 256 Å². The molecular weight excluding hydrogens is 552 g/mol. The molecule has 0 aromatic carbocycles. The topological polar surface area (TPSA) is 161 Å². The molecule has 1 saturated heterocycles. The Balaban J connectivity index is 2.14. The Hall–Kier alpha value is -2.27. The Bertz CT molecular complexity index is 1150. The molecule has 0 unspecified atom stereocenters.